The molecule has 0 aromatic carbocycles. The topological polar surface area (TPSA) is 119 Å². The summed E-state index contributed by atoms with van der Waals surface area (Å²) in [6.45, 7) is 3.96. The van der Waals surface area contributed by atoms with Crippen molar-refractivity contribution < 1.29 is 4.79 Å². The van der Waals surface area contributed by atoms with Crippen LogP contribution >= 0.6 is 0 Å². The van der Waals surface area contributed by atoms with E-state index in [9.17, 15) is 4.79 Å². The van der Waals surface area contributed by atoms with Crippen LogP contribution in [0.5, 0.6) is 0 Å². The molecule has 0 unspecified atom stereocenters. The Morgan fingerprint density at radius 3 is 2.66 bits per heavy atom. The lowest BCUT2D eigenvalue weighted by atomic mass is 9.87. The summed E-state index contributed by atoms with van der Waals surface area (Å²) in [7, 11) is 2.16. The highest BCUT2D eigenvalue weighted by atomic mass is 16.1. The fourth-order valence-electron chi connectivity index (χ4n) is 6.24. The molecule has 5 aromatic heterocycles. The van der Waals surface area contributed by atoms with Crippen molar-refractivity contribution in [1.82, 2.24) is 35.0 Å². The number of H-pyrrole nitrogens is 2. The Bertz CT molecular complexity index is 1690. The molecule has 0 spiro atoms. The van der Waals surface area contributed by atoms with Gasteiger partial charge in [0.25, 0.3) is 0 Å². The molecule has 1 saturated heterocycles. The zero-order chi connectivity index (χ0) is 27.8. The molecule has 2 fully saturated rings. The third-order valence-electron chi connectivity index (χ3n) is 8.56. The number of nitrogens with one attached hydrogen (secondary N) is 3. The highest BCUT2D eigenvalue weighted by Gasteiger charge is 2.21. The molecule has 210 valence electrons. The molecule has 0 bridgehead atoms. The standard InChI is InChI=1S/C31H35N9O/c1-39-9-11-40(12-10-39)31-24-16-27(36-26(24)7-8-33-31)29-25-15-22(18-34-30(25)38-37-29)21-14-23(19-32-17-21)35-28(41)13-20-5-3-2-4-6-20/h7-8,14-20,36H,2-6,9-13H2,1H3,(H,35,41)(H,34,37,38). The first-order valence-electron chi connectivity index (χ1n) is 14.6. The van der Waals surface area contributed by atoms with Crippen LogP contribution in [0.1, 0.15) is 38.5 Å². The Morgan fingerprint density at radius 2 is 1.80 bits per heavy atom. The van der Waals surface area contributed by atoms with E-state index in [1.807, 2.05) is 18.3 Å². The molecule has 7 rings (SSSR count). The minimum absolute atomic E-state index is 0.0609. The summed E-state index contributed by atoms with van der Waals surface area (Å²) in [5, 5.41) is 12.7. The molecule has 0 atom stereocenters. The van der Waals surface area contributed by atoms with Gasteiger partial charge in [0.1, 0.15) is 5.82 Å². The molecular formula is C31H35N9O. The zero-order valence-corrected chi connectivity index (χ0v) is 23.4. The van der Waals surface area contributed by atoms with E-state index in [1.165, 1.54) is 19.3 Å². The summed E-state index contributed by atoms with van der Waals surface area (Å²) in [4.78, 5) is 34.8. The van der Waals surface area contributed by atoms with Gasteiger partial charge in [-0.2, -0.15) is 5.10 Å². The van der Waals surface area contributed by atoms with E-state index < -0.39 is 0 Å². The number of hydrogen-bond acceptors (Lipinski definition) is 7. The number of carbonyl (C=O) groups excluding carboxylic acids is 1. The van der Waals surface area contributed by atoms with Gasteiger partial charge in [-0.1, -0.05) is 19.3 Å². The third-order valence-corrected chi connectivity index (χ3v) is 8.56. The van der Waals surface area contributed by atoms with E-state index in [4.69, 9.17) is 4.98 Å². The lowest BCUT2D eigenvalue weighted by Crippen LogP contribution is -2.44. The number of piperazine rings is 1. The van der Waals surface area contributed by atoms with Crippen LogP contribution in [0.25, 0.3) is 44.5 Å². The average Bonchev–Trinajstić information content (AvgIpc) is 3.62. The molecule has 2 aliphatic rings. The minimum Gasteiger partial charge on any atom is -0.353 e. The summed E-state index contributed by atoms with van der Waals surface area (Å²) in [6.07, 6.45) is 13.8. The Morgan fingerprint density at radius 1 is 0.976 bits per heavy atom. The third kappa shape index (κ3) is 5.27. The molecular weight excluding hydrogens is 514 g/mol. The number of nitrogens with zero attached hydrogens (tertiary/aromatic N) is 6. The number of aromatic nitrogens is 6. The maximum Gasteiger partial charge on any atom is 0.224 e. The normalized spacial score (nSPS) is 17.0. The predicted octanol–water partition coefficient (Wildman–Crippen LogP) is 5.22. The van der Waals surface area contributed by atoms with Gasteiger partial charge in [0.05, 0.1) is 28.8 Å². The monoisotopic (exact) mass is 549 g/mol. The average molecular weight is 550 g/mol. The Hall–Kier alpha value is -4.31. The largest absolute Gasteiger partial charge is 0.353 e. The molecule has 41 heavy (non-hydrogen) atoms. The fraction of sp³-hybridized carbons (Fsp3) is 0.387. The summed E-state index contributed by atoms with van der Waals surface area (Å²) in [5.74, 6) is 1.56. The summed E-state index contributed by atoms with van der Waals surface area (Å²) >= 11 is 0. The van der Waals surface area contributed by atoms with Crippen LogP contribution in [-0.2, 0) is 4.79 Å². The summed E-state index contributed by atoms with van der Waals surface area (Å²) in [6, 6.07) is 8.21. The van der Waals surface area contributed by atoms with Crippen LogP contribution in [-0.4, -0.2) is 74.2 Å². The van der Waals surface area contributed by atoms with Crippen molar-refractivity contribution in [3.05, 3.63) is 49.1 Å². The molecule has 0 radical (unpaired) electrons. The number of carbonyl (C=O) groups is 1. The van der Waals surface area contributed by atoms with Crippen LogP contribution < -0.4 is 10.2 Å². The van der Waals surface area contributed by atoms with Gasteiger partial charge in [0, 0.05) is 73.1 Å². The molecule has 10 nitrogen and oxygen atoms in total. The van der Waals surface area contributed by atoms with Gasteiger partial charge in [-0.15, -0.1) is 0 Å². The van der Waals surface area contributed by atoms with Crippen molar-refractivity contribution in [3.8, 4) is 22.5 Å². The second-order valence-corrected chi connectivity index (χ2v) is 11.5. The van der Waals surface area contributed by atoms with Crippen molar-refractivity contribution >= 4 is 39.3 Å². The number of anilines is 2. The quantitative estimate of drug-likeness (QED) is 0.266. The van der Waals surface area contributed by atoms with Crippen LogP contribution in [0.4, 0.5) is 11.5 Å². The number of amides is 1. The predicted molar refractivity (Wildman–Crippen MR) is 162 cm³/mol. The van der Waals surface area contributed by atoms with E-state index in [2.05, 4.69) is 59.4 Å². The number of fused-ring (bicyclic) bond motifs is 2. The summed E-state index contributed by atoms with van der Waals surface area (Å²) < 4.78 is 0. The van der Waals surface area contributed by atoms with E-state index in [-0.39, 0.29) is 5.91 Å². The van der Waals surface area contributed by atoms with E-state index in [0.29, 0.717) is 23.7 Å². The van der Waals surface area contributed by atoms with Crippen molar-refractivity contribution in [2.24, 2.45) is 5.92 Å². The number of rotatable bonds is 6. The number of aromatic amines is 2. The first kappa shape index (κ1) is 25.6. The van der Waals surface area contributed by atoms with Gasteiger partial charge in [-0.25, -0.2) is 9.97 Å². The summed E-state index contributed by atoms with van der Waals surface area (Å²) in [5.41, 5.74) is 6.00. The van der Waals surface area contributed by atoms with Gasteiger partial charge >= 0.3 is 0 Å². The van der Waals surface area contributed by atoms with Crippen molar-refractivity contribution in [2.75, 3.05) is 43.4 Å². The highest BCUT2D eigenvalue weighted by molar-refractivity contribution is 5.99. The Labute approximate surface area is 238 Å². The molecule has 1 aliphatic heterocycles. The second kappa shape index (κ2) is 10.9. The number of pyridine rings is 3. The molecule has 10 heteroatoms. The van der Waals surface area contributed by atoms with Gasteiger partial charge < -0.3 is 20.1 Å². The van der Waals surface area contributed by atoms with E-state index in [1.54, 1.807) is 18.6 Å². The van der Waals surface area contributed by atoms with Gasteiger partial charge in [0.15, 0.2) is 5.65 Å². The van der Waals surface area contributed by atoms with Crippen LogP contribution in [0.15, 0.2) is 49.1 Å². The van der Waals surface area contributed by atoms with Gasteiger partial charge in [-0.3, -0.25) is 14.9 Å². The van der Waals surface area contributed by atoms with Crippen molar-refractivity contribution in [1.29, 1.82) is 0 Å². The maximum atomic E-state index is 12.7. The first-order valence-corrected chi connectivity index (χ1v) is 14.6. The molecule has 1 amide bonds. The van der Waals surface area contributed by atoms with Crippen molar-refractivity contribution in [2.45, 2.75) is 38.5 Å². The Kier molecular flexibility index (Phi) is 6.84. The SMILES string of the molecule is CN1CCN(c2nccc3[nH]c(-c4[nH]nc5ncc(-c6cncc(NC(=O)CC7CCCCC7)c6)cc45)cc23)CC1. The van der Waals surface area contributed by atoms with Crippen molar-refractivity contribution in [3.63, 3.8) is 0 Å². The van der Waals surface area contributed by atoms with Gasteiger partial charge in [0.2, 0.25) is 5.91 Å². The molecule has 6 heterocycles. The lowest BCUT2D eigenvalue weighted by molar-refractivity contribution is -0.117. The minimum atomic E-state index is 0.0609. The molecule has 1 saturated carbocycles. The van der Waals surface area contributed by atoms with Gasteiger partial charge in [-0.05, 0) is 50.1 Å². The second-order valence-electron chi connectivity index (χ2n) is 11.5. The number of likely N-dealkylation sites (N-methyl/N-ethyl adjacent to an activating group) is 1. The van der Waals surface area contributed by atoms with Crippen LogP contribution in [0.3, 0.4) is 0 Å². The molecule has 5 aromatic rings. The first-order chi connectivity index (χ1) is 20.1. The Balaban J connectivity index is 1.16. The van der Waals surface area contributed by atoms with E-state index in [0.717, 1.165) is 83.6 Å². The molecule has 3 N–H and O–H groups in total. The zero-order valence-electron chi connectivity index (χ0n) is 23.4. The lowest BCUT2D eigenvalue weighted by Gasteiger charge is -2.33. The smallest absolute Gasteiger partial charge is 0.224 e. The van der Waals surface area contributed by atoms with Crippen LogP contribution in [0.2, 0.25) is 0 Å². The fourth-order valence-corrected chi connectivity index (χ4v) is 6.24. The van der Waals surface area contributed by atoms with Crippen LogP contribution in [0, 0.1) is 5.92 Å². The molecule has 1 aliphatic carbocycles. The maximum absolute atomic E-state index is 12.7. The number of hydrogen-bond donors (Lipinski definition) is 3. The van der Waals surface area contributed by atoms with E-state index >= 15 is 0 Å². The highest BCUT2D eigenvalue weighted by Crippen LogP contribution is 2.34.